The standard InChI is InChI=1S/C20H13N7O2/c28-20(17-9-11-22-29-17)23-15-5-3-13(4-6-15)16-7-8-18-24-25-19(27(18)26-16)14-2-1-10-21-12-14/h1-12H,(H,23,28). The van der Waals surface area contributed by atoms with Gasteiger partial charge in [-0.3, -0.25) is 9.78 Å². The number of nitrogens with zero attached hydrogens (tertiary/aromatic N) is 6. The number of hydrogen-bond acceptors (Lipinski definition) is 7. The number of aromatic nitrogens is 6. The number of pyridine rings is 1. The SMILES string of the molecule is O=C(Nc1ccc(-c2ccc3nnc(-c4cccnc4)n3n2)cc1)c1ccno1. The lowest BCUT2D eigenvalue weighted by Gasteiger charge is -2.06. The van der Waals surface area contributed by atoms with Crippen molar-refractivity contribution in [2.24, 2.45) is 0 Å². The lowest BCUT2D eigenvalue weighted by molar-refractivity contribution is 0.0988. The van der Waals surface area contributed by atoms with E-state index in [0.717, 1.165) is 16.8 Å². The first kappa shape index (κ1) is 16.8. The van der Waals surface area contributed by atoms with E-state index in [4.69, 9.17) is 4.52 Å². The molecule has 0 aliphatic carbocycles. The molecule has 9 heteroatoms. The van der Waals surface area contributed by atoms with Gasteiger partial charge in [-0.1, -0.05) is 17.3 Å². The fourth-order valence-corrected chi connectivity index (χ4v) is 2.87. The molecule has 0 radical (unpaired) electrons. The van der Waals surface area contributed by atoms with E-state index < -0.39 is 0 Å². The van der Waals surface area contributed by atoms with Crippen LogP contribution in [-0.4, -0.2) is 35.9 Å². The number of carbonyl (C=O) groups is 1. The summed E-state index contributed by atoms with van der Waals surface area (Å²) in [4.78, 5) is 16.2. The van der Waals surface area contributed by atoms with E-state index in [1.807, 2.05) is 36.4 Å². The van der Waals surface area contributed by atoms with Crippen LogP contribution in [-0.2, 0) is 0 Å². The maximum Gasteiger partial charge on any atom is 0.294 e. The Morgan fingerprint density at radius 3 is 2.59 bits per heavy atom. The summed E-state index contributed by atoms with van der Waals surface area (Å²) in [5, 5.41) is 19.3. The Kier molecular flexibility index (Phi) is 4.02. The Bertz CT molecular complexity index is 1280. The number of nitrogens with one attached hydrogen (secondary N) is 1. The zero-order chi connectivity index (χ0) is 19.6. The molecule has 0 atom stereocenters. The summed E-state index contributed by atoms with van der Waals surface area (Å²) in [6.45, 7) is 0. The minimum atomic E-state index is -0.361. The molecule has 4 heterocycles. The predicted octanol–water partition coefficient (Wildman–Crippen LogP) is 3.09. The number of amides is 1. The number of rotatable bonds is 4. The molecule has 0 spiro atoms. The van der Waals surface area contributed by atoms with Crippen molar-refractivity contribution in [3.63, 3.8) is 0 Å². The van der Waals surface area contributed by atoms with Crippen LogP contribution in [0.25, 0.3) is 28.3 Å². The third-order valence-electron chi connectivity index (χ3n) is 4.28. The largest absolute Gasteiger partial charge is 0.351 e. The highest BCUT2D eigenvalue weighted by Crippen LogP contribution is 2.22. The quantitative estimate of drug-likeness (QED) is 0.507. The van der Waals surface area contributed by atoms with Crippen molar-refractivity contribution in [1.29, 1.82) is 0 Å². The van der Waals surface area contributed by atoms with Crippen LogP contribution in [0.2, 0.25) is 0 Å². The molecule has 1 aromatic carbocycles. The Balaban J connectivity index is 1.44. The van der Waals surface area contributed by atoms with Gasteiger partial charge >= 0.3 is 0 Å². The first-order chi connectivity index (χ1) is 14.3. The van der Waals surface area contributed by atoms with E-state index in [2.05, 4.69) is 30.8 Å². The summed E-state index contributed by atoms with van der Waals surface area (Å²) in [7, 11) is 0. The van der Waals surface area contributed by atoms with E-state index in [1.54, 1.807) is 29.0 Å². The van der Waals surface area contributed by atoms with Gasteiger partial charge in [0.2, 0.25) is 5.76 Å². The summed E-state index contributed by atoms with van der Waals surface area (Å²) in [5.41, 5.74) is 3.74. The van der Waals surface area contributed by atoms with Gasteiger partial charge < -0.3 is 9.84 Å². The number of benzene rings is 1. The molecule has 9 nitrogen and oxygen atoms in total. The summed E-state index contributed by atoms with van der Waals surface area (Å²) in [5.74, 6) is 0.406. The van der Waals surface area contributed by atoms with Crippen molar-refractivity contribution in [2.45, 2.75) is 0 Å². The fraction of sp³-hybridized carbons (Fsp3) is 0. The molecule has 0 fully saturated rings. The molecular formula is C20H13N7O2. The van der Waals surface area contributed by atoms with Crippen LogP contribution < -0.4 is 5.32 Å². The van der Waals surface area contributed by atoms with Crippen LogP contribution in [0, 0.1) is 0 Å². The first-order valence-corrected chi connectivity index (χ1v) is 8.73. The molecule has 0 aliphatic rings. The number of fused-ring (bicyclic) bond motifs is 1. The van der Waals surface area contributed by atoms with Crippen LogP contribution in [0.4, 0.5) is 5.69 Å². The highest BCUT2D eigenvalue weighted by Gasteiger charge is 2.12. The van der Waals surface area contributed by atoms with Crippen LogP contribution >= 0.6 is 0 Å². The summed E-state index contributed by atoms with van der Waals surface area (Å²) in [6, 6.07) is 16.3. The molecule has 1 N–H and O–H groups in total. The van der Waals surface area contributed by atoms with Gasteiger partial charge in [-0.25, -0.2) is 0 Å². The normalized spacial score (nSPS) is 10.9. The Hall–Kier alpha value is -4.40. The van der Waals surface area contributed by atoms with Gasteiger partial charge in [-0.15, -0.1) is 10.2 Å². The Morgan fingerprint density at radius 2 is 1.83 bits per heavy atom. The van der Waals surface area contributed by atoms with E-state index in [-0.39, 0.29) is 11.7 Å². The van der Waals surface area contributed by atoms with Gasteiger partial charge in [0.15, 0.2) is 11.5 Å². The monoisotopic (exact) mass is 383 g/mol. The molecule has 0 aliphatic heterocycles. The minimum absolute atomic E-state index is 0.150. The van der Waals surface area contributed by atoms with Crippen molar-refractivity contribution in [3.8, 4) is 22.6 Å². The second kappa shape index (κ2) is 6.97. The molecular weight excluding hydrogens is 370 g/mol. The molecule has 0 saturated heterocycles. The van der Waals surface area contributed by atoms with Gasteiger partial charge in [-0.2, -0.15) is 9.61 Å². The third-order valence-corrected chi connectivity index (χ3v) is 4.28. The average molecular weight is 383 g/mol. The van der Waals surface area contributed by atoms with Crippen LogP contribution in [0.5, 0.6) is 0 Å². The molecule has 140 valence electrons. The topological polar surface area (TPSA) is 111 Å². The van der Waals surface area contributed by atoms with Gasteiger partial charge in [-0.05, 0) is 36.4 Å². The van der Waals surface area contributed by atoms with E-state index in [0.29, 0.717) is 17.2 Å². The van der Waals surface area contributed by atoms with Crippen molar-refractivity contribution >= 4 is 17.2 Å². The molecule has 5 rings (SSSR count). The number of carbonyl (C=O) groups excluding carboxylic acids is 1. The zero-order valence-corrected chi connectivity index (χ0v) is 14.9. The van der Waals surface area contributed by atoms with Crippen molar-refractivity contribution in [1.82, 2.24) is 30.0 Å². The van der Waals surface area contributed by atoms with Crippen LogP contribution in [0.15, 0.2) is 77.7 Å². The molecule has 29 heavy (non-hydrogen) atoms. The highest BCUT2D eigenvalue weighted by atomic mass is 16.5. The van der Waals surface area contributed by atoms with Crippen LogP contribution in [0.1, 0.15) is 10.6 Å². The van der Waals surface area contributed by atoms with E-state index in [9.17, 15) is 4.79 Å². The minimum Gasteiger partial charge on any atom is -0.351 e. The van der Waals surface area contributed by atoms with Gasteiger partial charge in [0.05, 0.1) is 11.9 Å². The van der Waals surface area contributed by atoms with Gasteiger partial charge in [0.25, 0.3) is 5.91 Å². The average Bonchev–Trinajstić information content (AvgIpc) is 3.45. The molecule has 5 aromatic rings. The fourth-order valence-electron chi connectivity index (χ4n) is 2.87. The lowest BCUT2D eigenvalue weighted by Crippen LogP contribution is -2.10. The van der Waals surface area contributed by atoms with Crippen molar-refractivity contribution < 1.29 is 9.32 Å². The maximum absolute atomic E-state index is 12.0. The van der Waals surface area contributed by atoms with Gasteiger partial charge in [0.1, 0.15) is 0 Å². The van der Waals surface area contributed by atoms with Crippen molar-refractivity contribution in [2.75, 3.05) is 5.32 Å². The zero-order valence-electron chi connectivity index (χ0n) is 14.9. The predicted molar refractivity (Wildman–Crippen MR) is 104 cm³/mol. The second-order valence-corrected chi connectivity index (χ2v) is 6.16. The molecule has 4 aromatic heterocycles. The van der Waals surface area contributed by atoms with Crippen molar-refractivity contribution in [3.05, 3.63) is 78.9 Å². The molecule has 0 saturated carbocycles. The molecule has 1 amide bonds. The maximum atomic E-state index is 12.0. The molecule has 0 unspecified atom stereocenters. The first-order valence-electron chi connectivity index (χ1n) is 8.73. The summed E-state index contributed by atoms with van der Waals surface area (Å²) < 4.78 is 6.54. The Labute approximate surface area is 164 Å². The second-order valence-electron chi connectivity index (χ2n) is 6.16. The summed E-state index contributed by atoms with van der Waals surface area (Å²) >= 11 is 0. The number of anilines is 1. The smallest absolute Gasteiger partial charge is 0.294 e. The highest BCUT2D eigenvalue weighted by molar-refractivity contribution is 6.02. The van der Waals surface area contributed by atoms with E-state index in [1.165, 1.54) is 12.3 Å². The lowest BCUT2D eigenvalue weighted by atomic mass is 10.1. The summed E-state index contributed by atoms with van der Waals surface area (Å²) in [6.07, 6.45) is 4.84. The van der Waals surface area contributed by atoms with Crippen LogP contribution in [0.3, 0.4) is 0 Å². The molecule has 0 bridgehead atoms. The van der Waals surface area contributed by atoms with E-state index >= 15 is 0 Å². The number of hydrogen-bond donors (Lipinski definition) is 1. The Morgan fingerprint density at radius 1 is 0.931 bits per heavy atom. The third kappa shape index (κ3) is 3.21. The van der Waals surface area contributed by atoms with Gasteiger partial charge in [0, 0.05) is 35.3 Å².